The Balaban J connectivity index is 1.74. The zero-order valence-corrected chi connectivity index (χ0v) is 14.1. The maximum absolute atomic E-state index is 6.03. The minimum Gasteiger partial charge on any atom is -0.382 e. The van der Waals surface area contributed by atoms with E-state index in [1.807, 2.05) is 12.3 Å². The number of aromatic nitrogens is 2. The molecule has 0 saturated carbocycles. The average molecular weight is 323 g/mol. The number of likely N-dealkylation sites (tertiary alicyclic amines) is 1. The number of thiazole rings is 1. The second-order valence-electron chi connectivity index (χ2n) is 5.58. The standard InChI is InChI=1S/C14H21N5S2/c1-9-8-20-14(17-9)11-12(15)18-21-13(11)16-7-10-5-3-4-6-19(10)2/h8,10,16H,3-7H2,1-2H3,(H2,15,18). The maximum Gasteiger partial charge on any atom is 0.149 e. The molecule has 0 amide bonds. The molecule has 114 valence electrons. The van der Waals surface area contributed by atoms with Crippen molar-refractivity contribution in [3.63, 3.8) is 0 Å². The first-order valence-electron chi connectivity index (χ1n) is 7.27. The van der Waals surface area contributed by atoms with Crippen LogP contribution in [0.2, 0.25) is 0 Å². The SMILES string of the molecule is Cc1csc(-c2c(N)nsc2NCC2CCCCN2C)n1. The van der Waals surface area contributed by atoms with Crippen LogP contribution < -0.4 is 11.1 Å². The lowest BCUT2D eigenvalue weighted by Crippen LogP contribution is -2.40. The van der Waals surface area contributed by atoms with E-state index in [9.17, 15) is 0 Å². The van der Waals surface area contributed by atoms with Gasteiger partial charge in [-0.2, -0.15) is 4.37 Å². The van der Waals surface area contributed by atoms with Gasteiger partial charge < -0.3 is 16.0 Å². The van der Waals surface area contributed by atoms with Crippen LogP contribution in [0.5, 0.6) is 0 Å². The van der Waals surface area contributed by atoms with Crippen molar-refractivity contribution in [2.75, 3.05) is 31.2 Å². The first-order valence-corrected chi connectivity index (χ1v) is 8.92. The van der Waals surface area contributed by atoms with E-state index in [4.69, 9.17) is 5.73 Å². The highest BCUT2D eigenvalue weighted by molar-refractivity contribution is 7.15. The van der Waals surface area contributed by atoms with Crippen molar-refractivity contribution in [3.8, 4) is 10.6 Å². The summed E-state index contributed by atoms with van der Waals surface area (Å²) in [6.45, 7) is 4.13. The highest BCUT2D eigenvalue weighted by Crippen LogP contribution is 2.38. The van der Waals surface area contributed by atoms with Gasteiger partial charge in [0.15, 0.2) is 0 Å². The second-order valence-corrected chi connectivity index (χ2v) is 7.21. The summed E-state index contributed by atoms with van der Waals surface area (Å²) in [6, 6.07) is 0.591. The summed E-state index contributed by atoms with van der Waals surface area (Å²) in [5.41, 5.74) is 8.03. The van der Waals surface area contributed by atoms with E-state index in [2.05, 4.69) is 26.6 Å². The summed E-state index contributed by atoms with van der Waals surface area (Å²) in [6.07, 6.45) is 3.88. The van der Waals surface area contributed by atoms with Crippen molar-refractivity contribution in [1.82, 2.24) is 14.3 Å². The van der Waals surface area contributed by atoms with Crippen LogP contribution in [0.1, 0.15) is 25.0 Å². The van der Waals surface area contributed by atoms with E-state index >= 15 is 0 Å². The van der Waals surface area contributed by atoms with Gasteiger partial charge in [-0.1, -0.05) is 6.42 Å². The van der Waals surface area contributed by atoms with Gasteiger partial charge in [0, 0.05) is 23.7 Å². The van der Waals surface area contributed by atoms with Gasteiger partial charge in [0.05, 0.1) is 5.56 Å². The van der Waals surface area contributed by atoms with Crippen LogP contribution in [0.15, 0.2) is 5.38 Å². The van der Waals surface area contributed by atoms with E-state index in [-0.39, 0.29) is 0 Å². The quantitative estimate of drug-likeness (QED) is 0.905. The number of nitrogens with one attached hydrogen (secondary N) is 1. The molecule has 1 unspecified atom stereocenters. The topological polar surface area (TPSA) is 67.1 Å². The van der Waals surface area contributed by atoms with Crippen LogP contribution in [0.25, 0.3) is 10.6 Å². The van der Waals surface area contributed by atoms with Crippen molar-refractivity contribution in [1.29, 1.82) is 0 Å². The predicted octanol–water partition coefficient (Wildman–Crippen LogP) is 3.05. The number of nitrogens with zero attached hydrogens (tertiary/aromatic N) is 3. The zero-order valence-electron chi connectivity index (χ0n) is 12.4. The third-order valence-electron chi connectivity index (χ3n) is 3.97. The molecule has 1 saturated heterocycles. The molecule has 0 bridgehead atoms. The molecule has 1 atom stereocenters. The number of hydrogen-bond donors (Lipinski definition) is 2. The average Bonchev–Trinajstić information content (AvgIpc) is 3.04. The number of rotatable bonds is 4. The molecule has 0 aromatic carbocycles. The maximum atomic E-state index is 6.03. The molecule has 7 heteroatoms. The molecule has 2 aromatic rings. The summed E-state index contributed by atoms with van der Waals surface area (Å²) in [4.78, 5) is 6.98. The molecule has 0 aliphatic carbocycles. The Bertz CT molecular complexity index is 606. The molecule has 21 heavy (non-hydrogen) atoms. The van der Waals surface area contributed by atoms with Crippen molar-refractivity contribution in [3.05, 3.63) is 11.1 Å². The van der Waals surface area contributed by atoms with Crippen molar-refractivity contribution in [2.24, 2.45) is 0 Å². The monoisotopic (exact) mass is 323 g/mol. The Labute approximate surface area is 133 Å². The molecular weight excluding hydrogens is 302 g/mol. The van der Waals surface area contributed by atoms with Crippen molar-refractivity contribution >= 4 is 33.7 Å². The van der Waals surface area contributed by atoms with Crippen LogP contribution in [0.3, 0.4) is 0 Å². The smallest absolute Gasteiger partial charge is 0.149 e. The Hall–Kier alpha value is -1.18. The minimum atomic E-state index is 0.578. The number of nitrogen functional groups attached to an aromatic ring is 1. The van der Waals surface area contributed by atoms with E-state index in [1.165, 1.54) is 37.3 Å². The summed E-state index contributed by atoms with van der Waals surface area (Å²) in [5, 5.41) is 7.59. The van der Waals surface area contributed by atoms with Gasteiger partial charge in [-0.15, -0.1) is 11.3 Å². The largest absolute Gasteiger partial charge is 0.382 e. The number of hydrogen-bond acceptors (Lipinski definition) is 7. The summed E-state index contributed by atoms with van der Waals surface area (Å²) >= 11 is 3.05. The Morgan fingerprint density at radius 2 is 2.33 bits per heavy atom. The van der Waals surface area contributed by atoms with Crippen LogP contribution in [0, 0.1) is 6.92 Å². The van der Waals surface area contributed by atoms with Gasteiger partial charge in [-0.3, -0.25) is 0 Å². The van der Waals surface area contributed by atoms with Crippen LogP contribution in [-0.4, -0.2) is 40.4 Å². The lowest BCUT2D eigenvalue weighted by atomic mass is 10.0. The fraction of sp³-hybridized carbons (Fsp3) is 0.571. The van der Waals surface area contributed by atoms with E-state index in [0.29, 0.717) is 11.9 Å². The molecule has 3 rings (SSSR count). The van der Waals surface area contributed by atoms with Crippen LogP contribution >= 0.6 is 22.9 Å². The van der Waals surface area contributed by atoms with Gasteiger partial charge in [0.25, 0.3) is 0 Å². The van der Waals surface area contributed by atoms with Crippen molar-refractivity contribution < 1.29 is 0 Å². The van der Waals surface area contributed by atoms with Crippen LogP contribution in [0.4, 0.5) is 10.8 Å². The fourth-order valence-electron chi connectivity index (χ4n) is 2.71. The third-order valence-corrected chi connectivity index (χ3v) is 5.77. The highest BCUT2D eigenvalue weighted by Gasteiger charge is 2.21. The number of anilines is 2. The van der Waals surface area contributed by atoms with E-state index < -0.39 is 0 Å². The molecular formula is C14H21N5S2. The lowest BCUT2D eigenvalue weighted by Gasteiger charge is -2.32. The fourth-order valence-corrected chi connectivity index (χ4v) is 4.35. The molecule has 5 nitrogen and oxygen atoms in total. The van der Waals surface area contributed by atoms with Gasteiger partial charge in [-0.05, 0) is 44.9 Å². The Kier molecular flexibility index (Phi) is 4.42. The van der Waals surface area contributed by atoms with E-state index in [0.717, 1.165) is 27.8 Å². The Morgan fingerprint density at radius 1 is 1.48 bits per heavy atom. The van der Waals surface area contributed by atoms with Gasteiger partial charge in [0.2, 0.25) is 0 Å². The first kappa shape index (κ1) is 14.7. The molecule has 0 radical (unpaired) electrons. The summed E-state index contributed by atoms with van der Waals surface area (Å²) in [5.74, 6) is 0.578. The molecule has 3 N–H and O–H groups in total. The number of aryl methyl sites for hydroxylation is 1. The van der Waals surface area contributed by atoms with Gasteiger partial charge >= 0.3 is 0 Å². The number of nitrogens with two attached hydrogens (primary N) is 1. The Morgan fingerprint density at radius 3 is 3.05 bits per heavy atom. The van der Waals surface area contributed by atoms with Crippen molar-refractivity contribution in [2.45, 2.75) is 32.2 Å². The van der Waals surface area contributed by atoms with Crippen LogP contribution in [-0.2, 0) is 0 Å². The summed E-state index contributed by atoms with van der Waals surface area (Å²) < 4.78 is 4.29. The lowest BCUT2D eigenvalue weighted by molar-refractivity contribution is 0.195. The minimum absolute atomic E-state index is 0.578. The number of likely N-dealkylation sites (N-methyl/N-ethyl adjacent to an activating group) is 1. The molecule has 1 fully saturated rings. The molecule has 3 heterocycles. The zero-order chi connectivity index (χ0) is 14.8. The third kappa shape index (κ3) is 3.20. The predicted molar refractivity (Wildman–Crippen MR) is 91.1 cm³/mol. The first-order chi connectivity index (χ1) is 10.1. The van der Waals surface area contributed by atoms with Gasteiger partial charge in [0.1, 0.15) is 15.8 Å². The molecule has 2 aromatic heterocycles. The summed E-state index contributed by atoms with van der Waals surface area (Å²) in [7, 11) is 2.21. The molecule has 1 aliphatic rings. The molecule has 1 aliphatic heterocycles. The van der Waals surface area contributed by atoms with Gasteiger partial charge in [-0.25, -0.2) is 4.98 Å². The second kappa shape index (κ2) is 6.29. The van der Waals surface area contributed by atoms with E-state index in [1.54, 1.807) is 11.3 Å². The number of piperidine rings is 1. The molecule has 0 spiro atoms. The highest BCUT2D eigenvalue weighted by atomic mass is 32.1. The normalized spacial score (nSPS) is 19.8.